The molecule has 134 valence electrons. The molecule has 1 aromatic carbocycles. The molecule has 0 spiro atoms. The molecule has 2 heterocycles. The zero-order valence-electron chi connectivity index (χ0n) is 14.2. The monoisotopic (exact) mass is 385 g/mol. The van der Waals surface area contributed by atoms with Gasteiger partial charge in [0.25, 0.3) is 0 Å². The molecule has 2 aromatic heterocycles. The van der Waals surface area contributed by atoms with Gasteiger partial charge in [-0.3, -0.25) is 4.79 Å². The minimum Gasteiger partial charge on any atom is -0.335 e. The molecule has 4 rings (SSSR count). The molecule has 8 heteroatoms. The van der Waals surface area contributed by atoms with E-state index in [2.05, 4.69) is 32.4 Å². The summed E-state index contributed by atoms with van der Waals surface area (Å²) in [7, 11) is 0. The minimum atomic E-state index is 0.151. The Morgan fingerprint density at radius 3 is 2.81 bits per heavy atom. The third-order valence-corrected chi connectivity index (χ3v) is 5.91. The molecule has 1 saturated carbocycles. The van der Waals surface area contributed by atoms with Crippen LogP contribution in [-0.4, -0.2) is 42.8 Å². The molecule has 3 aromatic rings. The fraction of sp³-hybridized carbons (Fsp3) is 0.333. The van der Waals surface area contributed by atoms with Crippen LogP contribution in [0, 0.1) is 0 Å². The molecule has 0 radical (unpaired) electrons. The van der Waals surface area contributed by atoms with Crippen LogP contribution in [0.5, 0.6) is 0 Å². The van der Waals surface area contributed by atoms with Gasteiger partial charge in [-0.25, -0.2) is 4.68 Å². The molecular weight excluding hydrogens is 366 g/mol. The number of carbonyl (C=O) groups is 1. The van der Waals surface area contributed by atoms with Gasteiger partial charge in [-0.2, -0.15) is 11.3 Å². The van der Waals surface area contributed by atoms with Gasteiger partial charge in [-0.1, -0.05) is 42.1 Å². The minimum absolute atomic E-state index is 0.151. The zero-order valence-corrected chi connectivity index (χ0v) is 15.8. The third-order valence-electron chi connectivity index (χ3n) is 4.24. The number of hydrogen-bond acceptors (Lipinski definition) is 6. The Morgan fingerprint density at radius 2 is 2.08 bits per heavy atom. The lowest BCUT2D eigenvalue weighted by molar-refractivity contribution is -0.129. The SMILES string of the molecule is O=C(CSc1nnnn1Cc1ccccc1)N(Cc1ccsc1)C1CC1. The van der Waals surface area contributed by atoms with E-state index in [1.807, 2.05) is 35.2 Å². The van der Waals surface area contributed by atoms with Crippen LogP contribution in [0.4, 0.5) is 0 Å². The largest absolute Gasteiger partial charge is 0.335 e. The van der Waals surface area contributed by atoms with Gasteiger partial charge >= 0.3 is 0 Å². The van der Waals surface area contributed by atoms with Crippen LogP contribution in [-0.2, 0) is 17.9 Å². The molecule has 0 unspecified atom stereocenters. The topological polar surface area (TPSA) is 63.9 Å². The predicted octanol–water partition coefficient (Wildman–Crippen LogP) is 3.07. The molecule has 1 fully saturated rings. The van der Waals surface area contributed by atoms with Crippen molar-refractivity contribution >= 4 is 29.0 Å². The van der Waals surface area contributed by atoms with Crippen LogP contribution in [0.3, 0.4) is 0 Å². The van der Waals surface area contributed by atoms with Crippen molar-refractivity contribution in [3.63, 3.8) is 0 Å². The standard InChI is InChI=1S/C18H19N5OS2/c24-17(22(16-6-7-16)10-15-8-9-25-12-15)13-26-18-19-20-21-23(18)11-14-4-2-1-3-5-14/h1-5,8-9,12,16H,6-7,10-11,13H2. The van der Waals surface area contributed by atoms with Gasteiger partial charge in [0.15, 0.2) is 0 Å². The average molecular weight is 386 g/mol. The van der Waals surface area contributed by atoms with Crippen LogP contribution >= 0.6 is 23.1 Å². The maximum Gasteiger partial charge on any atom is 0.233 e. The molecular formula is C18H19N5OS2. The van der Waals surface area contributed by atoms with Crippen molar-refractivity contribution in [3.8, 4) is 0 Å². The molecule has 1 aliphatic rings. The molecule has 0 aliphatic heterocycles. The van der Waals surface area contributed by atoms with E-state index in [1.165, 1.54) is 17.3 Å². The first-order valence-electron chi connectivity index (χ1n) is 8.53. The lowest BCUT2D eigenvalue weighted by Crippen LogP contribution is -2.33. The van der Waals surface area contributed by atoms with Gasteiger partial charge < -0.3 is 4.90 Å². The fourth-order valence-electron chi connectivity index (χ4n) is 2.75. The number of carbonyl (C=O) groups excluding carboxylic acids is 1. The second kappa shape index (κ2) is 8.01. The maximum absolute atomic E-state index is 12.7. The van der Waals surface area contributed by atoms with Crippen molar-refractivity contribution in [1.82, 2.24) is 25.1 Å². The quantitative estimate of drug-likeness (QED) is 0.558. The lowest BCUT2D eigenvalue weighted by atomic mass is 10.2. The number of tetrazole rings is 1. The highest BCUT2D eigenvalue weighted by atomic mass is 32.2. The van der Waals surface area contributed by atoms with Gasteiger partial charge in [-0.05, 0) is 51.2 Å². The van der Waals surface area contributed by atoms with Crippen LogP contribution in [0.1, 0.15) is 24.0 Å². The summed E-state index contributed by atoms with van der Waals surface area (Å²) in [6.45, 7) is 1.30. The molecule has 1 amide bonds. The van der Waals surface area contributed by atoms with Gasteiger partial charge in [0.1, 0.15) is 0 Å². The number of benzene rings is 1. The highest BCUT2D eigenvalue weighted by Gasteiger charge is 2.32. The summed E-state index contributed by atoms with van der Waals surface area (Å²) in [6, 6.07) is 12.5. The number of rotatable bonds is 8. The second-order valence-corrected chi connectivity index (χ2v) is 8.00. The van der Waals surface area contributed by atoms with E-state index in [0.29, 0.717) is 30.0 Å². The summed E-state index contributed by atoms with van der Waals surface area (Å²) < 4.78 is 1.74. The Balaban J connectivity index is 1.37. The Bertz CT molecular complexity index is 846. The predicted molar refractivity (Wildman–Crippen MR) is 102 cm³/mol. The first-order chi connectivity index (χ1) is 12.8. The molecule has 1 aliphatic carbocycles. The van der Waals surface area contributed by atoms with E-state index in [1.54, 1.807) is 16.0 Å². The number of nitrogens with zero attached hydrogens (tertiary/aromatic N) is 5. The van der Waals surface area contributed by atoms with Crippen molar-refractivity contribution in [3.05, 3.63) is 58.3 Å². The van der Waals surface area contributed by atoms with Gasteiger partial charge in [0, 0.05) is 12.6 Å². The molecule has 0 saturated heterocycles. The zero-order chi connectivity index (χ0) is 17.8. The van der Waals surface area contributed by atoms with Gasteiger partial charge in [-0.15, -0.1) is 5.10 Å². The average Bonchev–Trinajstić information content (AvgIpc) is 3.19. The Kier molecular flexibility index (Phi) is 5.31. The van der Waals surface area contributed by atoms with Gasteiger partial charge in [0.2, 0.25) is 11.1 Å². The summed E-state index contributed by atoms with van der Waals surface area (Å²) in [5, 5.41) is 16.7. The number of aromatic nitrogens is 4. The smallest absolute Gasteiger partial charge is 0.233 e. The first kappa shape index (κ1) is 17.2. The van der Waals surface area contributed by atoms with Crippen molar-refractivity contribution in [2.45, 2.75) is 37.1 Å². The Labute approximate surface area is 160 Å². The highest BCUT2D eigenvalue weighted by Crippen LogP contribution is 2.30. The fourth-order valence-corrected chi connectivity index (χ4v) is 4.17. The number of hydrogen-bond donors (Lipinski definition) is 0. The molecule has 26 heavy (non-hydrogen) atoms. The van der Waals surface area contributed by atoms with Gasteiger partial charge in [0.05, 0.1) is 12.3 Å². The first-order valence-corrected chi connectivity index (χ1v) is 10.5. The molecule has 0 N–H and O–H groups in total. The lowest BCUT2D eigenvalue weighted by Gasteiger charge is -2.21. The molecule has 6 nitrogen and oxygen atoms in total. The van der Waals surface area contributed by atoms with Crippen LogP contribution < -0.4 is 0 Å². The Morgan fingerprint density at radius 1 is 1.23 bits per heavy atom. The highest BCUT2D eigenvalue weighted by molar-refractivity contribution is 7.99. The summed E-state index contributed by atoms with van der Waals surface area (Å²) in [4.78, 5) is 14.7. The maximum atomic E-state index is 12.7. The van der Waals surface area contributed by atoms with E-state index < -0.39 is 0 Å². The van der Waals surface area contributed by atoms with Crippen molar-refractivity contribution in [2.75, 3.05) is 5.75 Å². The number of amides is 1. The van der Waals surface area contributed by atoms with Crippen molar-refractivity contribution in [2.24, 2.45) is 0 Å². The normalized spacial score (nSPS) is 13.7. The van der Waals surface area contributed by atoms with Crippen LogP contribution in [0.25, 0.3) is 0 Å². The van der Waals surface area contributed by atoms with E-state index in [-0.39, 0.29) is 5.91 Å². The van der Waals surface area contributed by atoms with E-state index in [4.69, 9.17) is 0 Å². The van der Waals surface area contributed by atoms with E-state index in [9.17, 15) is 4.79 Å². The van der Waals surface area contributed by atoms with E-state index in [0.717, 1.165) is 18.4 Å². The third kappa shape index (κ3) is 4.31. The summed E-state index contributed by atoms with van der Waals surface area (Å²) in [5.41, 5.74) is 2.33. The Hall–Kier alpha value is -2.19. The van der Waals surface area contributed by atoms with Crippen LogP contribution in [0.15, 0.2) is 52.3 Å². The summed E-state index contributed by atoms with van der Waals surface area (Å²) in [6.07, 6.45) is 2.21. The van der Waals surface area contributed by atoms with E-state index >= 15 is 0 Å². The van der Waals surface area contributed by atoms with Crippen molar-refractivity contribution < 1.29 is 4.79 Å². The molecule has 0 bridgehead atoms. The number of thiophene rings is 1. The van der Waals surface area contributed by atoms with Crippen molar-refractivity contribution in [1.29, 1.82) is 0 Å². The molecule has 0 atom stereocenters. The van der Waals surface area contributed by atoms with Crippen LogP contribution in [0.2, 0.25) is 0 Å². The summed E-state index contributed by atoms with van der Waals surface area (Å²) >= 11 is 3.07. The second-order valence-electron chi connectivity index (χ2n) is 6.28. The number of thioether (sulfide) groups is 1. The summed E-state index contributed by atoms with van der Waals surface area (Å²) in [5.74, 6) is 0.508.